The van der Waals surface area contributed by atoms with Gasteiger partial charge in [0.25, 0.3) is 0 Å². The minimum atomic E-state index is -0.881. The molecule has 0 bridgehead atoms. The molecule has 0 aromatic heterocycles. The van der Waals surface area contributed by atoms with E-state index in [-0.39, 0.29) is 11.7 Å². The minimum Gasteiger partial charge on any atom is -0.479 e. The molecule has 1 fully saturated rings. The van der Waals surface area contributed by atoms with Crippen LogP contribution >= 0.6 is 0 Å². The molecule has 1 heterocycles. The molecule has 2 unspecified atom stereocenters. The van der Waals surface area contributed by atoms with Crippen LogP contribution in [0.1, 0.15) is 33.1 Å². The van der Waals surface area contributed by atoms with Crippen LogP contribution in [-0.4, -0.2) is 49.2 Å². The van der Waals surface area contributed by atoms with Crippen LogP contribution in [0.2, 0.25) is 0 Å². The topological polar surface area (TPSA) is 65.0 Å². The van der Waals surface area contributed by atoms with Gasteiger partial charge in [0.05, 0.1) is 18.3 Å². The first kappa shape index (κ1) is 14.4. The second-order valence-corrected chi connectivity index (χ2v) is 4.95. The molecule has 1 saturated heterocycles. The van der Waals surface area contributed by atoms with Crippen LogP contribution in [0.4, 0.5) is 0 Å². The Labute approximate surface area is 102 Å². The maximum atomic E-state index is 10.7. The van der Waals surface area contributed by atoms with E-state index in [9.17, 15) is 4.79 Å². The van der Waals surface area contributed by atoms with E-state index in [1.807, 2.05) is 13.8 Å². The number of carbonyl (C=O) groups is 1. The molecule has 0 saturated carbocycles. The van der Waals surface area contributed by atoms with Crippen LogP contribution in [0.15, 0.2) is 0 Å². The molecule has 100 valence electrons. The molecule has 17 heavy (non-hydrogen) atoms. The Balaban J connectivity index is 2.10. The highest BCUT2D eigenvalue weighted by Gasteiger charge is 2.30. The van der Waals surface area contributed by atoms with Crippen LogP contribution < -0.4 is 0 Å². The zero-order chi connectivity index (χ0) is 12.9. The predicted molar refractivity (Wildman–Crippen MR) is 62.1 cm³/mol. The first-order chi connectivity index (χ1) is 7.94. The summed E-state index contributed by atoms with van der Waals surface area (Å²) in [6, 6.07) is 0. The Morgan fingerprint density at radius 2 is 2.18 bits per heavy atom. The first-order valence-corrected chi connectivity index (χ1v) is 5.96. The molecule has 1 aliphatic heterocycles. The van der Waals surface area contributed by atoms with E-state index in [2.05, 4.69) is 0 Å². The molecule has 0 aromatic carbocycles. The SMILES string of the molecule is COC(C)(C)CCOCC1CCC(C(=O)O)O1. The highest BCUT2D eigenvalue weighted by molar-refractivity contribution is 5.72. The largest absolute Gasteiger partial charge is 0.479 e. The fourth-order valence-electron chi connectivity index (χ4n) is 1.64. The zero-order valence-electron chi connectivity index (χ0n) is 10.8. The molecule has 0 aromatic rings. The van der Waals surface area contributed by atoms with Gasteiger partial charge in [0.2, 0.25) is 0 Å². The predicted octanol–water partition coefficient (Wildman–Crippen LogP) is 1.45. The maximum absolute atomic E-state index is 10.7. The van der Waals surface area contributed by atoms with E-state index in [1.54, 1.807) is 7.11 Å². The van der Waals surface area contributed by atoms with E-state index < -0.39 is 12.1 Å². The number of methoxy groups -OCH3 is 1. The molecule has 1 aliphatic rings. The molecule has 5 nitrogen and oxygen atoms in total. The average Bonchev–Trinajstić information content (AvgIpc) is 2.73. The standard InChI is InChI=1S/C12H22O5/c1-12(2,15-3)6-7-16-8-9-4-5-10(17-9)11(13)14/h9-10H,4-8H2,1-3H3,(H,13,14). The van der Waals surface area contributed by atoms with E-state index >= 15 is 0 Å². The number of hydrogen-bond donors (Lipinski definition) is 1. The highest BCUT2D eigenvalue weighted by atomic mass is 16.6. The summed E-state index contributed by atoms with van der Waals surface area (Å²) >= 11 is 0. The van der Waals surface area contributed by atoms with Crippen molar-refractivity contribution in [2.24, 2.45) is 0 Å². The number of carboxylic acids is 1. The quantitative estimate of drug-likeness (QED) is 0.689. The highest BCUT2D eigenvalue weighted by Crippen LogP contribution is 2.20. The second kappa shape index (κ2) is 6.33. The fourth-order valence-corrected chi connectivity index (χ4v) is 1.64. The number of carboxylic acid groups (broad SMARTS) is 1. The Morgan fingerprint density at radius 3 is 2.71 bits per heavy atom. The van der Waals surface area contributed by atoms with Gasteiger partial charge < -0.3 is 19.3 Å². The first-order valence-electron chi connectivity index (χ1n) is 5.96. The molecule has 0 amide bonds. The lowest BCUT2D eigenvalue weighted by Gasteiger charge is -2.22. The Bertz CT molecular complexity index is 251. The summed E-state index contributed by atoms with van der Waals surface area (Å²) in [5, 5.41) is 8.76. The maximum Gasteiger partial charge on any atom is 0.332 e. The van der Waals surface area contributed by atoms with E-state index in [1.165, 1.54) is 0 Å². The van der Waals surface area contributed by atoms with Crippen molar-refractivity contribution in [3.8, 4) is 0 Å². The third-order valence-corrected chi connectivity index (χ3v) is 3.09. The van der Waals surface area contributed by atoms with Gasteiger partial charge in [-0.25, -0.2) is 4.79 Å². The lowest BCUT2D eigenvalue weighted by atomic mass is 10.1. The van der Waals surface area contributed by atoms with Crippen molar-refractivity contribution in [2.75, 3.05) is 20.3 Å². The van der Waals surface area contributed by atoms with Gasteiger partial charge in [0, 0.05) is 13.7 Å². The molecular weight excluding hydrogens is 224 g/mol. The van der Waals surface area contributed by atoms with Gasteiger partial charge in [-0.15, -0.1) is 0 Å². The third-order valence-electron chi connectivity index (χ3n) is 3.09. The summed E-state index contributed by atoms with van der Waals surface area (Å²) in [6.07, 6.45) is 1.40. The van der Waals surface area contributed by atoms with Crippen molar-refractivity contribution in [1.29, 1.82) is 0 Å². The van der Waals surface area contributed by atoms with Gasteiger partial charge in [-0.05, 0) is 33.1 Å². The molecule has 1 N–H and O–H groups in total. The van der Waals surface area contributed by atoms with Gasteiger partial charge >= 0.3 is 5.97 Å². The van der Waals surface area contributed by atoms with Gasteiger partial charge in [0.15, 0.2) is 6.10 Å². The molecule has 1 rings (SSSR count). The molecule has 2 atom stereocenters. The summed E-state index contributed by atoms with van der Waals surface area (Å²) in [6.45, 7) is 5.06. The average molecular weight is 246 g/mol. The number of aliphatic carboxylic acids is 1. The van der Waals surface area contributed by atoms with Crippen LogP contribution in [-0.2, 0) is 19.0 Å². The van der Waals surface area contributed by atoms with Crippen molar-refractivity contribution >= 4 is 5.97 Å². The Morgan fingerprint density at radius 1 is 1.47 bits per heavy atom. The van der Waals surface area contributed by atoms with Crippen LogP contribution in [0, 0.1) is 0 Å². The molecule has 0 radical (unpaired) electrons. The lowest BCUT2D eigenvalue weighted by Crippen LogP contribution is -2.26. The summed E-state index contributed by atoms with van der Waals surface area (Å²) in [5.74, 6) is -0.881. The van der Waals surface area contributed by atoms with Gasteiger partial charge in [-0.1, -0.05) is 0 Å². The van der Waals surface area contributed by atoms with Crippen molar-refractivity contribution < 1.29 is 24.1 Å². The molecule has 0 aliphatic carbocycles. The normalized spacial score (nSPS) is 25.1. The van der Waals surface area contributed by atoms with E-state index in [0.29, 0.717) is 19.6 Å². The van der Waals surface area contributed by atoms with Crippen molar-refractivity contribution in [3.63, 3.8) is 0 Å². The van der Waals surface area contributed by atoms with Crippen molar-refractivity contribution in [3.05, 3.63) is 0 Å². The van der Waals surface area contributed by atoms with E-state index in [0.717, 1.165) is 12.8 Å². The third kappa shape index (κ3) is 5.02. The summed E-state index contributed by atoms with van der Waals surface area (Å²) in [4.78, 5) is 10.7. The molecule has 5 heteroatoms. The summed E-state index contributed by atoms with van der Waals surface area (Å²) < 4.78 is 16.1. The monoisotopic (exact) mass is 246 g/mol. The number of rotatable bonds is 7. The Hall–Kier alpha value is -0.650. The summed E-state index contributed by atoms with van der Waals surface area (Å²) in [5.41, 5.74) is -0.180. The number of hydrogen-bond acceptors (Lipinski definition) is 4. The van der Waals surface area contributed by atoms with Gasteiger partial charge in [0.1, 0.15) is 0 Å². The van der Waals surface area contributed by atoms with Crippen LogP contribution in [0.25, 0.3) is 0 Å². The molecular formula is C12H22O5. The summed E-state index contributed by atoms with van der Waals surface area (Å²) in [7, 11) is 1.68. The van der Waals surface area contributed by atoms with Crippen molar-refractivity contribution in [2.45, 2.75) is 50.9 Å². The smallest absolute Gasteiger partial charge is 0.332 e. The minimum absolute atomic E-state index is 0.0817. The van der Waals surface area contributed by atoms with Gasteiger partial charge in [-0.2, -0.15) is 0 Å². The van der Waals surface area contributed by atoms with Crippen molar-refractivity contribution in [1.82, 2.24) is 0 Å². The van der Waals surface area contributed by atoms with Gasteiger partial charge in [-0.3, -0.25) is 0 Å². The second-order valence-electron chi connectivity index (χ2n) is 4.95. The Kier molecular flexibility index (Phi) is 5.36. The van der Waals surface area contributed by atoms with Crippen LogP contribution in [0.3, 0.4) is 0 Å². The zero-order valence-corrected chi connectivity index (χ0v) is 10.8. The number of ether oxygens (including phenoxy) is 3. The lowest BCUT2D eigenvalue weighted by molar-refractivity contribution is -0.150. The van der Waals surface area contributed by atoms with Crippen LogP contribution in [0.5, 0.6) is 0 Å². The fraction of sp³-hybridized carbons (Fsp3) is 0.917. The van der Waals surface area contributed by atoms with E-state index in [4.69, 9.17) is 19.3 Å². The molecule has 0 spiro atoms.